The van der Waals surface area contributed by atoms with Gasteiger partial charge in [-0.1, -0.05) is 6.92 Å². The molecule has 1 heterocycles. The fourth-order valence-electron chi connectivity index (χ4n) is 1.54. The summed E-state index contributed by atoms with van der Waals surface area (Å²) in [4.78, 5) is 8.58. The van der Waals surface area contributed by atoms with Gasteiger partial charge in [0.25, 0.3) is 0 Å². The van der Waals surface area contributed by atoms with Crippen molar-refractivity contribution in [2.24, 2.45) is 5.84 Å². The van der Waals surface area contributed by atoms with Crippen LogP contribution in [-0.2, 0) is 15.9 Å². The second kappa shape index (κ2) is 10.4. The van der Waals surface area contributed by atoms with Gasteiger partial charge in [-0.05, 0) is 6.42 Å². The molecule has 0 saturated heterocycles. The van der Waals surface area contributed by atoms with Crippen LogP contribution < -0.4 is 16.0 Å². The maximum absolute atomic E-state index is 5.58. The maximum atomic E-state index is 5.58. The van der Waals surface area contributed by atoms with Crippen molar-refractivity contribution in [2.75, 3.05) is 39.0 Å². The molecule has 0 aliphatic heterocycles. The van der Waals surface area contributed by atoms with E-state index in [2.05, 4.69) is 22.3 Å². The van der Waals surface area contributed by atoms with Crippen LogP contribution in [0.3, 0.4) is 0 Å². The summed E-state index contributed by atoms with van der Waals surface area (Å²) in [6, 6.07) is 1.69. The lowest BCUT2D eigenvalue weighted by Gasteiger charge is -2.09. The van der Waals surface area contributed by atoms with Crippen LogP contribution in [-0.4, -0.2) is 43.5 Å². The van der Waals surface area contributed by atoms with E-state index in [0.717, 1.165) is 25.1 Å². The summed E-state index contributed by atoms with van der Waals surface area (Å²) in [7, 11) is 1.65. The second-order valence-corrected chi connectivity index (χ2v) is 4.21. The minimum absolute atomic E-state index is 0.535. The Balaban J connectivity index is 2.33. The number of nitrogens with two attached hydrogens (primary N) is 1. The Morgan fingerprint density at radius 2 is 2.05 bits per heavy atom. The Morgan fingerprint density at radius 1 is 1.20 bits per heavy atom. The van der Waals surface area contributed by atoms with Crippen molar-refractivity contribution < 1.29 is 14.2 Å². The van der Waals surface area contributed by atoms with Gasteiger partial charge < -0.3 is 19.6 Å². The van der Waals surface area contributed by atoms with Gasteiger partial charge in [0, 0.05) is 32.6 Å². The van der Waals surface area contributed by atoms with Crippen LogP contribution in [0.2, 0.25) is 0 Å². The number of aryl methyl sites for hydroxylation is 1. The van der Waals surface area contributed by atoms with Crippen LogP contribution in [0.1, 0.15) is 25.6 Å². The number of hydrazine groups is 1. The first-order valence-electron chi connectivity index (χ1n) is 6.84. The third kappa shape index (κ3) is 6.65. The number of methoxy groups -OCH3 is 1. The molecular weight excluding hydrogens is 260 g/mol. The summed E-state index contributed by atoms with van der Waals surface area (Å²) in [5.74, 6) is 7.21. The van der Waals surface area contributed by atoms with E-state index in [1.165, 1.54) is 0 Å². The number of nitrogens with one attached hydrogen (secondary N) is 1. The predicted octanol–water partition coefficient (Wildman–Crippen LogP) is 1.15. The first-order valence-corrected chi connectivity index (χ1v) is 6.84. The molecule has 0 fully saturated rings. The third-order valence-electron chi connectivity index (χ3n) is 2.49. The predicted molar refractivity (Wildman–Crippen MR) is 76.6 cm³/mol. The van der Waals surface area contributed by atoms with E-state index in [-0.39, 0.29) is 0 Å². The highest BCUT2D eigenvalue weighted by Crippen LogP contribution is 2.13. The first-order chi connectivity index (χ1) is 9.80. The van der Waals surface area contributed by atoms with Crippen LogP contribution in [0, 0.1) is 0 Å². The van der Waals surface area contributed by atoms with E-state index in [4.69, 9.17) is 20.1 Å². The lowest BCUT2D eigenvalue weighted by Crippen LogP contribution is -2.12. The Hall–Kier alpha value is -1.44. The largest absolute Gasteiger partial charge is 0.477 e. The average Bonchev–Trinajstić information content (AvgIpc) is 2.46. The molecule has 1 aromatic heterocycles. The number of nitrogens with zero attached hydrogens (tertiary/aromatic N) is 2. The summed E-state index contributed by atoms with van der Waals surface area (Å²) < 4.78 is 15.8. The number of rotatable bonds is 11. The molecule has 0 bridgehead atoms. The molecule has 7 nitrogen and oxygen atoms in total. The van der Waals surface area contributed by atoms with Crippen molar-refractivity contribution >= 4 is 5.82 Å². The van der Waals surface area contributed by atoms with Crippen molar-refractivity contribution in [1.29, 1.82) is 0 Å². The molecule has 0 aliphatic rings. The molecule has 0 spiro atoms. The number of ether oxygens (including phenoxy) is 3. The van der Waals surface area contributed by atoms with E-state index >= 15 is 0 Å². The van der Waals surface area contributed by atoms with Crippen LogP contribution >= 0.6 is 0 Å². The van der Waals surface area contributed by atoms with Crippen LogP contribution in [0.15, 0.2) is 6.07 Å². The van der Waals surface area contributed by atoms with Gasteiger partial charge in [0.15, 0.2) is 0 Å². The fraction of sp³-hybridized carbons (Fsp3) is 0.692. The molecule has 0 aliphatic carbocycles. The van der Waals surface area contributed by atoms with Crippen LogP contribution in [0.25, 0.3) is 0 Å². The SMILES string of the molecule is CCCc1nc(NN)cc(OCCCOCCOC)n1. The van der Waals surface area contributed by atoms with E-state index in [1.807, 2.05) is 0 Å². The summed E-state index contributed by atoms with van der Waals surface area (Å²) in [5.41, 5.74) is 2.52. The molecule has 0 radical (unpaired) electrons. The van der Waals surface area contributed by atoms with Gasteiger partial charge in [-0.25, -0.2) is 10.8 Å². The molecule has 0 aromatic carbocycles. The summed E-state index contributed by atoms with van der Waals surface area (Å²) in [6.07, 6.45) is 2.56. The van der Waals surface area contributed by atoms with Gasteiger partial charge in [0.2, 0.25) is 5.88 Å². The highest BCUT2D eigenvalue weighted by atomic mass is 16.5. The molecule has 7 heteroatoms. The van der Waals surface area contributed by atoms with Gasteiger partial charge in [-0.3, -0.25) is 0 Å². The zero-order chi connectivity index (χ0) is 14.6. The molecule has 20 heavy (non-hydrogen) atoms. The van der Waals surface area contributed by atoms with Crippen LogP contribution in [0.4, 0.5) is 5.82 Å². The van der Waals surface area contributed by atoms with Gasteiger partial charge in [-0.15, -0.1) is 0 Å². The molecule has 3 N–H and O–H groups in total. The number of hydrogen-bond acceptors (Lipinski definition) is 7. The normalized spacial score (nSPS) is 10.6. The van der Waals surface area contributed by atoms with Crippen molar-refractivity contribution in [1.82, 2.24) is 9.97 Å². The second-order valence-electron chi connectivity index (χ2n) is 4.21. The molecular formula is C13H24N4O3. The highest BCUT2D eigenvalue weighted by Gasteiger charge is 2.04. The monoisotopic (exact) mass is 284 g/mol. The Morgan fingerprint density at radius 3 is 2.75 bits per heavy atom. The Bertz CT molecular complexity index is 377. The van der Waals surface area contributed by atoms with E-state index in [9.17, 15) is 0 Å². The average molecular weight is 284 g/mol. The van der Waals surface area contributed by atoms with Gasteiger partial charge in [0.05, 0.1) is 19.8 Å². The van der Waals surface area contributed by atoms with E-state index in [0.29, 0.717) is 38.1 Å². The first kappa shape index (κ1) is 16.6. The number of nitrogen functional groups attached to an aromatic ring is 1. The van der Waals surface area contributed by atoms with E-state index in [1.54, 1.807) is 13.2 Å². The highest BCUT2D eigenvalue weighted by molar-refractivity contribution is 5.36. The van der Waals surface area contributed by atoms with Gasteiger partial charge in [-0.2, -0.15) is 4.98 Å². The summed E-state index contributed by atoms with van der Waals surface area (Å²) in [6.45, 7) is 4.46. The van der Waals surface area contributed by atoms with E-state index < -0.39 is 0 Å². The smallest absolute Gasteiger partial charge is 0.218 e. The third-order valence-corrected chi connectivity index (χ3v) is 2.49. The van der Waals surface area contributed by atoms with Crippen molar-refractivity contribution in [3.8, 4) is 5.88 Å². The Kier molecular flexibility index (Phi) is 8.61. The molecule has 0 atom stereocenters. The van der Waals surface area contributed by atoms with Gasteiger partial charge in [0.1, 0.15) is 11.6 Å². The standard InChI is InChI=1S/C13H24N4O3/c1-3-5-11-15-12(17-14)10-13(16-11)20-7-4-6-19-9-8-18-2/h10H,3-9,14H2,1-2H3,(H,15,16,17). The van der Waals surface area contributed by atoms with Crippen molar-refractivity contribution in [3.05, 3.63) is 11.9 Å². The number of aromatic nitrogens is 2. The number of hydrogen-bond donors (Lipinski definition) is 2. The lowest BCUT2D eigenvalue weighted by molar-refractivity contribution is 0.0642. The molecule has 0 unspecified atom stereocenters. The maximum Gasteiger partial charge on any atom is 0.218 e. The fourth-order valence-corrected chi connectivity index (χ4v) is 1.54. The van der Waals surface area contributed by atoms with Crippen molar-refractivity contribution in [3.63, 3.8) is 0 Å². The molecule has 114 valence electrons. The van der Waals surface area contributed by atoms with Crippen molar-refractivity contribution in [2.45, 2.75) is 26.2 Å². The van der Waals surface area contributed by atoms with Gasteiger partial charge >= 0.3 is 0 Å². The molecule has 0 saturated carbocycles. The quantitative estimate of drug-likeness (QED) is 0.358. The lowest BCUT2D eigenvalue weighted by atomic mass is 10.3. The topological polar surface area (TPSA) is 91.5 Å². The zero-order valence-corrected chi connectivity index (χ0v) is 12.2. The minimum Gasteiger partial charge on any atom is -0.477 e. The Labute approximate surface area is 119 Å². The summed E-state index contributed by atoms with van der Waals surface area (Å²) in [5, 5.41) is 0. The summed E-state index contributed by atoms with van der Waals surface area (Å²) >= 11 is 0. The molecule has 1 rings (SSSR count). The minimum atomic E-state index is 0.535. The molecule has 1 aromatic rings. The molecule has 0 amide bonds. The van der Waals surface area contributed by atoms with Crippen LogP contribution in [0.5, 0.6) is 5.88 Å². The zero-order valence-electron chi connectivity index (χ0n) is 12.2. The number of anilines is 1.